The van der Waals surface area contributed by atoms with Gasteiger partial charge in [0.25, 0.3) is 5.91 Å². The van der Waals surface area contributed by atoms with Crippen LogP contribution < -0.4 is 4.74 Å². The molecule has 2 heterocycles. The van der Waals surface area contributed by atoms with Crippen molar-refractivity contribution in [1.29, 1.82) is 0 Å². The average Bonchev–Trinajstić information content (AvgIpc) is 3.00. The predicted octanol–water partition coefficient (Wildman–Crippen LogP) is 2.64. The van der Waals surface area contributed by atoms with E-state index in [0.29, 0.717) is 13.1 Å². The standard InChI is InChI=1S/C17H20FN3O2/c1-12-9-19-20-17(12)13-5-4-8-21(10-13)16(22)11-23-15-7-3-2-6-14(15)18/h2-3,6-7,9,13H,4-5,8,10-11H2,1H3,(H,19,20). The Morgan fingerprint density at radius 1 is 1.48 bits per heavy atom. The van der Waals surface area contributed by atoms with Gasteiger partial charge in [-0.1, -0.05) is 12.1 Å². The van der Waals surface area contributed by atoms with Crippen molar-refractivity contribution in [3.8, 4) is 5.75 Å². The second-order valence-electron chi connectivity index (χ2n) is 5.86. The Hall–Kier alpha value is -2.37. The number of piperidine rings is 1. The highest BCUT2D eigenvalue weighted by molar-refractivity contribution is 5.78. The van der Waals surface area contributed by atoms with E-state index < -0.39 is 5.82 Å². The van der Waals surface area contributed by atoms with Gasteiger partial charge >= 0.3 is 0 Å². The maximum absolute atomic E-state index is 13.5. The van der Waals surface area contributed by atoms with E-state index in [1.807, 2.05) is 6.92 Å². The van der Waals surface area contributed by atoms with E-state index in [9.17, 15) is 9.18 Å². The van der Waals surface area contributed by atoms with E-state index in [1.54, 1.807) is 23.2 Å². The molecule has 2 aromatic rings. The maximum atomic E-state index is 13.5. The van der Waals surface area contributed by atoms with Crippen LogP contribution in [0.2, 0.25) is 0 Å². The fourth-order valence-electron chi connectivity index (χ4n) is 3.00. The minimum Gasteiger partial charge on any atom is -0.481 e. The first-order valence-corrected chi connectivity index (χ1v) is 7.80. The highest BCUT2D eigenvalue weighted by Crippen LogP contribution is 2.27. The lowest BCUT2D eigenvalue weighted by Gasteiger charge is -2.32. The minimum absolute atomic E-state index is 0.110. The van der Waals surface area contributed by atoms with Crippen molar-refractivity contribution in [2.24, 2.45) is 0 Å². The number of amides is 1. The summed E-state index contributed by atoms with van der Waals surface area (Å²) >= 11 is 0. The number of hydrogen-bond donors (Lipinski definition) is 1. The minimum atomic E-state index is -0.454. The molecule has 1 atom stereocenters. The van der Waals surface area contributed by atoms with Crippen LogP contribution in [0.5, 0.6) is 5.75 Å². The molecule has 3 rings (SSSR count). The average molecular weight is 317 g/mol. The van der Waals surface area contributed by atoms with Gasteiger partial charge in [-0.05, 0) is 37.5 Å². The Bertz CT molecular complexity index is 686. The fourth-order valence-corrected chi connectivity index (χ4v) is 3.00. The Morgan fingerprint density at radius 3 is 3.04 bits per heavy atom. The molecule has 6 heteroatoms. The molecule has 23 heavy (non-hydrogen) atoms. The number of aryl methyl sites for hydroxylation is 1. The number of nitrogens with one attached hydrogen (secondary N) is 1. The molecule has 0 aliphatic carbocycles. The summed E-state index contributed by atoms with van der Waals surface area (Å²) in [6, 6.07) is 6.11. The number of aromatic amines is 1. The first-order chi connectivity index (χ1) is 11.1. The molecule has 1 fully saturated rings. The number of likely N-dealkylation sites (tertiary alicyclic amines) is 1. The first-order valence-electron chi connectivity index (χ1n) is 7.80. The van der Waals surface area contributed by atoms with Gasteiger partial charge in [-0.3, -0.25) is 9.89 Å². The third kappa shape index (κ3) is 3.52. The van der Waals surface area contributed by atoms with Gasteiger partial charge in [0.15, 0.2) is 18.2 Å². The van der Waals surface area contributed by atoms with Crippen LogP contribution in [0.25, 0.3) is 0 Å². The van der Waals surface area contributed by atoms with Gasteiger partial charge in [0, 0.05) is 24.7 Å². The van der Waals surface area contributed by atoms with Gasteiger partial charge < -0.3 is 9.64 Å². The number of aromatic nitrogens is 2. The van der Waals surface area contributed by atoms with Crippen LogP contribution in [-0.2, 0) is 4.79 Å². The normalized spacial score (nSPS) is 18.0. The molecular formula is C17H20FN3O2. The summed E-state index contributed by atoms with van der Waals surface area (Å²) in [6.45, 7) is 3.22. The van der Waals surface area contributed by atoms with Crippen LogP contribution in [-0.4, -0.2) is 40.7 Å². The van der Waals surface area contributed by atoms with Crippen LogP contribution in [0.3, 0.4) is 0 Å². The van der Waals surface area contributed by atoms with E-state index >= 15 is 0 Å². The number of carbonyl (C=O) groups is 1. The van der Waals surface area contributed by atoms with Gasteiger partial charge in [-0.2, -0.15) is 5.10 Å². The van der Waals surface area contributed by atoms with Crippen LogP contribution >= 0.6 is 0 Å². The molecule has 122 valence electrons. The van der Waals surface area contributed by atoms with E-state index in [2.05, 4.69) is 10.2 Å². The summed E-state index contributed by atoms with van der Waals surface area (Å²) in [7, 11) is 0. The number of nitrogens with zero attached hydrogens (tertiary/aromatic N) is 2. The molecule has 1 aromatic carbocycles. The first kappa shape index (κ1) is 15.5. The van der Waals surface area contributed by atoms with Crippen molar-refractivity contribution >= 4 is 5.91 Å². The third-order valence-electron chi connectivity index (χ3n) is 4.24. The maximum Gasteiger partial charge on any atom is 0.260 e. The summed E-state index contributed by atoms with van der Waals surface area (Å²) in [5.74, 6) is -0.192. The quantitative estimate of drug-likeness (QED) is 0.943. The zero-order valence-corrected chi connectivity index (χ0v) is 13.1. The molecule has 1 aliphatic rings. The Kier molecular flexibility index (Phi) is 4.60. The number of benzene rings is 1. The Morgan fingerprint density at radius 2 is 2.30 bits per heavy atom. The van der Waals surface area contributed by atoms with Crippen molar-refractivity contribution in [1.82, 2.24) is 15.1 Å². The highest BCUT2D eigenvalue weighted by atomic mass is 19.1. The number of H-pyrrole nitrogens is 1. The summed E-state index contributed by atoms with van der Waals surface area (Å²) in [5, 5.41) is 7.09. The molecule has 0 saturated carbocycles. The van der Waals surface area contributed by atoms with E-state index in [1.165, 1.54) is 12.1 Å². The molecule has 1 N–H and O–H groups in total. The summed E-state index contributed by atoms with van der Waals surface area (Å²) in [4.78, 5) is 14.1. The number of para-hydroxylation sites is 1. The fraction of sp³-hybridized carbons (Fsp3) is 0.412. The molecule has 1 aliphatic heterocycles. The zero-order chi connectivity index (χ0) is 16.2. The van der Waals surface area contributed by atoms with Crippen molar-refractivity contribution in [2.75, 3.05) is 19.7 Å². The molecule has 0 bridgehead atoms. The number of carbonyl (C=O) groups excluding carboxylic acids is 1. The molecule has 1 saturated heterocycles. The van der Waals surface area contributed by atoms with Gasteiger partial charge in [0.2, 0.25) is 0 Å². The number of halogens is 1. The topological polar surface area (TPSA) is 58.2 Å². The molecule has 1 aromatic heterocycles. The number of hydrogen-bond acceptors (Lipinski definition) is 3. The SMILES string of the molecule is Cc1cn[nH]c1C1CCCN(C(=O)COc2ccccc2F)C1. The zero-order valence-electron chi connectivity index (χ0n) is 13.1. The monoisotopic (exact) mass is 317 g/mol. The number of ether oxygens (including phenoxy) is 1. The van der Waals surface area contributed by atoms with Gasteiger partial charge in [-0.25, -0.2) is 4.39 Å². The predicted molar refractivity (Wildman–Crippen MR) is 83.8 cm³/mol. The second-order valence-corrected chi connectivity index (χ2v) is 5.86. The summed E-state index contributed by atoms with van der Waals surface area (Å²) in [6.07, 6.45) is 3.77. The number of rotatable bonds is 4. The molecule has 1 amide bonds. The van der Waals surface area contributed by atoms with E-state index in [-0.39, 0.29) is 24.2 Å². The van der Waals surface area contributed by atoms with Crippen molar-refractivity contribution in [3.05, 3.63) is 47.5 Å². The second kappa shape index (κ2) is 6.81. The Labute approximate surface area is 134 Å². The molecule has 0 radical (unpaired) electrons. The smallest absolute Gasteiger partial charge is 0.260 e. The van der Waals surface area contributed by atoms with E-state index in [0.717, 1.165) is 24.1 Å². The summed E-state index contributed by atoms with van der Waals surface area (Å²) in [5.41, 5.74) is 2.21. The highest BCUT2D eigenvalue weighted by Gasteiger charge is 2.26. The lowest BCUT2D eigenvalue weighted by atomic mass is 9.93. The molecule has 0 spiro atoms. The van der Waals surface area contributed by atoms with Crippen molar-refractivity contribution in [3.63, 3.8) is 0 Å². The van der Waals surface area contributed by atoms with Crippen molar-refractivity contribution < 1.29 is 13.9 Å². The van der Waals surface area contributed by atoms with E-state index in [4.69, 9.17) is 4.74 Å². The molecule has 5 nitrogen and oxygen atoms in total. The molecule has 1 unspecified atom stereocenters. The largest absolute Gasteiger partial charge is 0.481 e. The molecular weight excluding hydrogens is 297 g/mol. The van der Waals surface area contributed by atoms with Gasteiger partial charge in [0.05, 0.1) is 6.20 Å². The lowest BCUT2D eigenvalue weighted by molar-refractivity contribution is -0.134. The van der Waals surface area contributed by atoms with Gasteiger partial charge in [0.1, 0.15) is 0 Å². The third-order valence-corrected chi connectivity index (χ3v) is 4.24. The Balaban J connectivity index is 1.59. The van der Waals surface area contributed by atoms with Crippen LogP contribution in [0.4, 0.5) is 4.39 Å². The van der Waals surface area contributed by atoms with Crippen LogP contribution in [0.15, 0.2) is 30.5 Å². The lowest BCUT2D eigenvalue weighted by Crippen LogP contribution is -2.41. The van der Waals surface area contributed by atoms with Crippen LogP contribution in [0.1, 0.15) is 30.0 Å². The summed E-state index contributed by atoms with van der Waals surface area (Å²) < 4.78 is 18.8. The van der Waals surface area contributed by atoms with Crippen molar-refractivity contribution in [2.45, 2.75) is 25.7 Å². The van der Waals surface area contributed by atoms with Crippen LogP contribution in [0, 0.1) is 12.7 Å². The van der Waals surface area contributed by atoms with Gasteiger partial charge in [-0.15, -0.1) is 0 Å².